The monoisotopic (exact) mass is 322 g/mol. The number of rotatable bonds is 4. The zero-order valence-electron chi connectivity index (χ0n) is 13.0. The van der Waals surface area contributed by atoms with Gasteiger partial charge < -0.3 is 16.0 Å². The summed E-state index contributed by atoms with van der Waals surface area (Å²) < 4.78 is 0. The summed E-state index contributed by atoms with van der Waals surface area (Å²) in [6.07, 6.45) is 5.41. The normalized spacial score (nSPS) is 24.0. The van der Waals surface area contributed by atoms with E-state index in [4.69, 9.17) is 5.73 Å². The zero-order valence-corrected chi connectivity index (χ0v) is 13.9. The van der Waals surface area contributed by atoms with Crippen molar-refractivity contribution >= 4 is 28.2 Å². The minimum Gasteiger partial charge on any atom is -0.365 e. The van der Waals surface area contributed by atoms with Crippen molar-refractivity contribution in [1.29, 1.82) is 0 Å². The summed E-state index contributed by atoms with van der Waals surface area (Å²) in [5.74, 6) is 0.253. The van der Waals surface area contributed by atoms with E-state index < -0.39 is 5.91 Å². The molecular weight excluding hydrogens is 298 g/mol. The Kier molecular flexibility index (Phi) is 4.49. The summed E-state index contributed by atoms with van der Waals surface area (Å²) in [6.45, 7) is 4.83. The maximum Gasteiger partial charge on any atom is 0.280 e. The summed E-state index contributed by atoms with van der Waals surface area (Å²) in [4.78, 5) is 26.6. The first kappa shape index (κ1) is 15.5. The minimum absolute atomic E-state index is 0.00785. The van der Waals surface area contributed by atoms with Gasteiger partial charge in [0.25, 0.3) is 11.8 Å². The lowest BCUT2D eigenvalue weighted by Gasteiger charge is -2.27. The van der Waals surface area contributed by atoms with Crippen LogP contribution in [0.25, 0.3) is 0 Å². The standard InChI is InChI=1S/C16H23N3O2S/c1-10-4-3-7-19(8-10)9-13(20)18-16-14(15(17)21)11-5-2-6-12(11)22-16/h10H,2-9H2,1H3,(H2,17,21)(H,18,20)/p+1/t10-/m1/s1. The van der Waals surface area contributed by atoms with E-state index >= 15 is 0 Å². The van der Waals surface area contributed by atoms with Crippen molar-refractivity contribution < 1.29 is 14.5 Å². The Morgan fingerprint density at radius 3 is 2.91 bits per heavy atom. The number of anilines is 1. The minimum atomic E-state index is -0.423. The second-order valence-electron chi connectivity index (χ2n) is 6.60. The highest BCUT2D eigenvalue weighted by Gasteiger charge is 2.27. The molecule has 2 aliphatic rings. The number of likely N-dealkylation sites (tertiary alicyclic amines) is 1. The van der Waals surface area contributed by atoms with Crippen molar-refractivity contribution in [2.24, 2.45) is 11.7 Å². The topological polar surface area (TPSA) is 76.6 Å². The fourth-order valence-corrected chi connectivity index (χ4v) is 5.02. The van der Waals surface area contributed by atoms with Crippen LogP contribution in [0.2, 0.25) is 0 Å². The summed E-state index contributed by atoms with van der Waals surface area (Å²) in [6, 6.07) is 0. The number of thiophene rings is 1. The number of primary amides is 1. The molecule has 1 aliphatic heterocycles. The van der Waals surface area contributed by atoms with Crippen LogP contribution in [-0.2, 0) is 17.6 Å². The van der Waals surface area contributed by atoms with Gasteiger partial charge in [0.15, 0.2) is 6.54 Å². The van der Waals surface area contributed by atoms with E-state index in [1.807, 2.05) is 0 Å². The number of carbonyl (C=O) groups excluding carboxylic acids is 2. The molecule has 2 heterocycles. The predicted molar refractivity (Wildman–Crippen MR) is 87.5 cm³/mol. The van der Waals surface area contributed by atoms with Crippen LogP contribution in [0.15, 0.2) is 0 Å². The van der Waals surface area contributed by atoms with Gasteiger partial charge in [-0.3, -0.25) is 9.59 Å². The number of aryl methyl sites for hydroxylation is 1. The molecule has 1 fully saturated rings. The van der Waals surface area contributed by atoms with Gasteiger partial charge in [-0.15, -0.1) is 11.3 Å². The lowest BCUT2D eigenvalue weighted by atomic mass is 10.0. The van der Waals surface area contributed by atoms with Crippen molar-refractivity contribution in [3.63, 3.8) is 0 Å². The molecule has 0 radical (unpaired) electrons. The smallest absolute Gasteiger partial charge is 0.280 e. The van der Waals surface area contributed by atoms with Crippen LogP contribution in [0, 0.1) is 5.92 Å². The molecule has 2 amide bonds. The number of carbonyl (C=O) groups is 2. The van der Waals surface area contributed by atoms with Crippen LogP contribution >= 0.6 is 11.3 Å². The van der Waals surface area contributed by atoms with Crippen LogP contribution in [0.3, 0.4) is 0 Å². The molecule has 120 valence electrons. The van der Waals surface area contributed by atoms with Crippen LogP contribution in [0.5, 0.6) is 0 Å². The summed E-state index contributed by atoms with van der Waals surface area (Å²) in [7, 11) is 0. The van der Waals surface area contributed by atoms with E-state index in [1.165, 1.54) is 34.0 Å². The first-order valence-electron chi connectivity index (χ1n) is 8.12. The molecule has 0 aromatic carbocycles. The van der Waals surface area contributed by atoms with Gasteiger partial charge in [0.2, 0.25) is 0 Å². The number of piperidine rings is 1. The highest BCUT2D eigenvalue weighted by atomic mass is 32.1. The van der Waals surface area contributed by atoms with Gasteiger partial charge in [-0.25, -0.2) is 0 Å². The van der Waals surface area contributed by atoms with Gasteiger partial charge >= 0.3 is 0 Å². The number of quaternary nitrogens is 1. The third kappa shape index (κ3) is 3.17. The van der Waals surface area contributed by atoms with Gasteiger partial charge in [0.05, 0.1) is 18.7 Å². The molecule has 0 saturated carbocycles. The fraction of sp³-hybridized carbons (Fsp3) is 0.625. The molecule has 1 unspecified atom stereocenters. The van der Waals surface area contributed by atoms with Crippen molar-refractivity contribution in [3.8, 4) is 0 Å². The Balaban J connectivity index is 1.68. The zero-order chi connectivity index (χ0) is 15.7. The predicted octanol–water partition coefficient (Wildman–Crippen LogP) is 0.589. The van der Waals surface area contributed by atoms with Crippen LogP contribution in [0.1, 0.15) is 47.0 Å². The average molecular weight is 322 g/mol. The number of hydrogen-bond acceptors (Lipinski definition) is 3. The van der Waals surface area contributed by atoms with E-state index in [2.05, 4.69) is 12.2 Å². The Bertz CT molecular complexity index is 596. The van der Waals surface area contributed by atoms with E-state index in [9.17, 15) is 9.59 Å². The molecule has 5 nitrogen and oxygen atoms in total. The summed E-state index contributed by atoms with van der Waals surface area (Å²) in [5, 5.41) is 3.60. The largest absolute Gasteiger partial charge is 0.365 e. The Morgan fingerprint density at radius 1 is 1.36 bits per heavy atom. The van der Waals surface area contributed by atoms with E-state index in [0.717, 1.165) is 37.9 Å². The van der Waals surface area contributed by atoms with Crippen molar-refractivity contribution in [3.05, 3.63) is 16.0 Å². The molecule has 1 aromatic heterocycles. The molecule has 2 atom stereocenters. The quantitative estimate of drug-likeness (QED) is 0.759. The Labute approximate surface area is 134 Å². The Hall–Kier alpha value is -1.40. The number of amides is 2. The second kappa shape index (κ2) is 6.38. The second-order valence-corrected chi connectivity index (χ2v) is 7.71. The molecule has 22 heavy (non-hydrogen) atoms. The SMILES string of the molecule is C[C@@H]1CCC[NH+](CC(=O)Nc2sc3c(c2C(N)=O)CCC3)C1. The first-order valence-corrected chi connectivity index (χ1v) is 8.94. The lowest BCUT2D eigenvalue weighted by molar-refractivity contribution is -0.900. The maximum atomic E-state index is 12.3. The third-order valence-corrected chi connectivity index (χ3v) is 5.90. The van der Waals surface area contributed by atoms with Gasteiger partial charge in [-0.05, 0) is 37.7 Å². The van der Waals surface area contributed by atoms with E-state index in [1.54, 1.807) is 0 Å². The maximum absolute atomic E-state index is 12.3. The van der Waals surface area contributed by atoms with E-state index in [0.29, 0.717) is 23.0 Å². The van der Waals surface area contributed by atoms with Crippen molar-refractivity contribution in [2.45, 2.75) is 39.0 Å². The highest BCUT2D eigenvalue weighted by molar-refractivity contribution is 7.17. The molecule has 1 aliphatic carbocycles. The molecule has 4 N–H and O–H groups in total. The molecule has 0 spiro atoms. The van der Waals surface area contributed by atoms with Gasteiger partial charge in [-0.1, -0.05) is 6.92 Å². The van der Waals surface area contributed by atoms with Gasteiger partial charge in [0, 0.05) is 10.8 Å². The van der Waals surface area contributed by atoms with Crippen molar-refractivity contribution in [1.82, 2.24) is 0 Å². The number of nitrogens with one attached hydrogen (secondary N) is 2. The first-order chi connectivity index (χ1) is 10.5. The molecule has 3 rings (SSSR count). The summed E-state index contributed by atoms with van der Waals surface area (Å²) in [5.41, 5.74) is 7.13. The summed E-state index contributed by atoms with van der Waals surface area (Å²) >= 11 is 1.53. The molecule has 1 aromatic rings. The van der Waals surface area contributed by atoms with Crippen molar-refractivity contribution in [2.75, 3.05) is 25.0 Å². The number of fused-ring (bicyclic) bond motifs is 1. The highest BCUT2D eigenvalue weighted by Crippen LogP contribution is 2.38. The average Bonchev–Trinajstić information content (AvgIpc) is 2.97. The molecular formula is C16H24N3O2S+. The molecule has 1 saturated heterocycles. The van der Waals surface area contributed by atoms with E-state index in [-0.39, 0.29) is 5.91 Å². The number of hydrogen-bond donors (Lipinski definition) is 3. The van der Waals surface area contributed by atoms with Gasteiger partial charge in [0.1, 0.15) is 5.00 Å². The molecule has 6 heteroatoms. The Morgan fingerprint density at radius 2 is 2.18 bits per heavy atom. The van der Waals surface area contributed by atoms with Gasteiger partial charge in [-0.2, -0.15) is 0 Å². The third-order valence-electron chi connectivity index (χ3n) is 4.70. The van der Waals surface area contributed by atoms with Crippen LogP contribution < -0.4 is 16.0 Å². The fourth-order valence-electron chi connectivity index (χ4n) is 3.71. The number of nitrogens with two attached hydrogens (primary N) is 1. The lowest BCUT2D eigenvalue weighted by Crippen LogP contribution is -3.14. The molecule has 0 bridgehead atoms. The van der Waals surface area contributed by atoms with Crippen LogP contribution in [0.4, 0.5) is 5.00 Å². The van der Waals surface area contributed by atoms with Crippen LogP contribution in [-0.4, -0.2) is 31.4 Å².